The molecule has 0 saturated heterocycles. The Hall–Kier alpha value is -1.99. The second-order valence-electron chi connectivity index (χ2n) is 4.33. The van der Waals surface area contributed by atoms with Crippen LogP contribution in [0.2, 0.25) is 0 Å². The first-order valence-corrected chi connectivity index (χ1v) is 6.20. The van der Waals surface area contributed by atoms with Gasteiger partial charge in [0.1, 0.15) is 5.69 Å². The van der Waals surface area contributed by atoms with E-state index in [1.807, 2.05) is 0 Å². The Balaban J connectivity index is 2.78. The van der Waals surface area contributed by atoms with Gasteiger partial charge in [-0.3, -0.25) is 14.6 Å². The number of pyridine rings is 1. The Morgan fingerprint density at radius 3 is 2.05 bits per heavy atom. The summed E-state index contributed by atoms with van der Waals surface area (Å²) in [5, 5.41) is 17.6. The Bertz CT molecular complexity index is 418. The van der Waals surface area contributed by atoms with Gasteiger partial charge in [-0.1, -0.05) is 0 Å². The average molecular weight is 281 g/mol. The summed E-state index contributed by atoms with van der Waals surface area (Å²) in [6.07, 6.45) is 1.33. The first-order chi connectivity index (χ1) is 9.51. The molecule has 7 heteroatoms. The van der Waals surface area contributed by atoms with E-state index in [1.54, 1.807) is 14.1 Å². The van der Waals surface area contributed by atoms with E-state index in [-0.39, 0.29) is 43.8 Å². The molecular formula is C13H19N3O4. The lowest BCUT2D eigenvalue weighted by molar-refractivity contribution is 0.0751. The van der Waals surface area contributed by atoms with Gasteiger partial charge in [-0.2, -0.15) is 0 Å². The normalized spacial score (nSPS) is 10.2. The number of amides is 2. The zero-order chi connectivity index (χ0) is 15.1. The van der Waals surface area contributed by atoms with Crippen molar-refractivity contribution < 1.29 is 19.8 Å². The highest BCUT2D eigenvalue weighted by atomic mass is 16.3. The van der Waals surface area contributed by atoms with Gasteiger partial charge in [-0.05, 0) is 12.1 Å². The maximum atomic E-state index is 11.9. The number of aliphatic hydroxyl groups is 2. The Kier molecular flexibility index (Phi) is 6.08. The van der Waals surface area contributed by atoms with Crippen LogP contribution in [0.25, 0.3) is 0 Å². The van der Waals surface area contributed by atoms with Gasteiger partial charge in [0.25, 0.3) is 11.8 Å². The lowest BCUT2D eigenvalue weighted by Gasteiger charge is -2.16. The summed E-state index contributed by atoms with van der Waals surface area (Å²) >= 11 is 0. The van der Waals surface area contributed by atoms with E-state index < -0.39 is 0 Å². The third kappa shape index (κ3) is 4.01. The smallest absolute Gasteiger partial charge is 0.272 e. The lowest BCUT2D eigenvalue weighted by atomic mass is 10.2. The van der Waals surface area contributed by atoms with Crippen molar-refractivity contribution in [3.63, 3.8) is 0 Å². The molecule has 0 bridgehead atoms. The zero-order valence-electron chi connectivity index (χ0n) is 11.6. The fourth-order valence-electron chi connectivity index (χ4n) is 1.57. The number of hydrogen-bond acceptors (Lipinski definition) is 5. The third-order valence-corrected chi connectivity index (χ3v) is 2.79. The van der Waals surface area contributed by atoms with Crippen molar-refractivity contribution >= 4 is 11.8 Å². The van der Waals surface area contributed by atoms with Crippen LogP contribution in [0.5, 0.6) is 0 Å². The molecule has 0 aliphatic rings. The lowest BCUT2D eigenvalue weighted by Crippen LogP contribution is -2.31. The molecule has 0 atom stereocenters. The largest absolute Gasteiger partial charge is 0.395 e. The maximum Gasteiger partial charge on any atom is 0.272 e. The molecule has 0 aliphatic heterocycles. The number of rotatable bonds is 6. The maximum absolute atomic E-state index is 11.9. The number of likely N-dealkylation sites (N-methyl/N-ethyl adjacent to an activating group) is 2. The van der Waals surface area contributed by atoms with Crippen LogP contribution < -0.4 is 0 Å². The molecule has 0 aliphatic carbocycles. The Labute approximate surface area is 117 Å². The minimum Gasteiger partial charge on any atom is -0.395 e. The summed E-state index contributed by atoms with van der Waals surface area (Å²) in [5.41, 5.74) is 0.560. The minimum absolute atomic E-state index is 0.113. The molecule has 1 heterocycles. The topological polar surface area (TPSA) is 94.0 Å². The average Bonchev–Trinajstić information content (AvgIpc) is 2.46. The summed E-state index contributed by atoms with van der Waals surface area (Å²) in [4.78, 5) is 30.5. The minimum atomic E-state index is -0.318. The summed E-state index contributed by atoms with van der Waals surface area (Å²) < 4.78 is 0. The molecule has 20 heavy (non-hydrogen) atoms. The van der Waals surface area contributed by atoms with Crippen molar-refractivity contribution in [1.29, 1.82) is 0 Å². The molecule has 0 unspecified atom stereocenters. The third-order valence-electron chi connectivity index (χ3n) is 2.79. The van der Waals surface area contributed by atoms with Crippen LogP contribution in [-0.2, 0) is 0 Å². The van der Waals surface area contributed by atoms with Gasteiger partial charge in [0.15, 0.2) is 0 Å². The van der Waals surface area contributed by atoms with E-state index in [4.69, 9.17) is 10.2 Å². The van der Waals surface area contributed by atoms with E-state index >= 15 is 0 Å². The summed E-state index contributed by atoms with van der Waals surface area (Å²) in [7, 11) is 3.14. The van der Waals surface area contributed by atoms with Gasteiger partial charge in [-0.25, -0.2) is 0 Å². The van der Waals surface area contributed by atoms with Crippen molar-refractivity contribution in [2.75, 3.05) is 40.4 Å². The van der Waals surface area contributed by atoms with E-state index in [0.717, 1.165) is 0 Å². The van der Waals surface area contributed by atoms with Gasteiger partial charge >= 0.3 is 0 Å². The van der Waals surface area contributed by atoms with E-state index in [0.29, 0.717) is 5.56 Å². The van der Waals surface area contributed by atoms with Gasteiger partial charge in [0.2, 0.25) is 0 Å². The van der Waals surface area contributed by atoms with Crippen LogP contribution in [0.4, 0.5) is 0 Å². The van der Waals surface area contributed by atoms with Gasteiger partial charge in [0.05, 0.1) is 18.8 Å². The van der Waals surface area contributed by atoms with Gasteiger partial charge in [-0.15, -0.1) is 0 Å². The fraction of sp³-hybridized carbons (Fsp3) is 0.462. The highest BCUT2D eigenvalue weighted by molar-refractivity contribution is 5.96. The monoisotopic (exact) mass is 281 g/mol. The second kappa shape index (κ2) is 7.56. The van der Waals surface area contributed by atoms with Crippen LogP contribution in [0.3, 0.4) is 0 Å². The molecule has 110 valence electrons. The van der Waals surface area contributed by atoms with Crippen LogP contribution in [0.15, 0.2) is 18.3 Å². The van der Waals surface area contributed by atoms with Crippen molar-refractivity contribution in [1.82, 2.24) is 14.8 Å². The number of aliphatic hydroxyl groups excluding tert-OH is 2. The molecule has 2 N–H and O–H groups in total. The molecule has 0 saturated carbocycles. The molecular weight excluding hydrogens is 262 g/mol. The molecule has 0 radical (unpaired) electrons. The van der Waals surface area contributed by atoms with Crippen LogP contribution in [0.1, 0.15) is 20.8 Å². The molecule has 0 fully saturated rings. The molecule has 1 aromatic rings. The first-order valence-electron chi connectivity index (χ1n) is 6.20. The SMILES string of the molecule is CN(CCO)C(=O)c1ccc(C(=O)N(C)CCO)nc1. The van der Waals surface area contributed by atoms with Crippen molar-refractivity contribution in [3.05, 3.63) is 29.6 Å². The first kappa shape index (κ1) is 16.1. The van der Waals surface area contributed by atoms with E-state index in [9.17, 15) is 9.59 Å². The van der Waals surface area contributed by atoms with Gasteiger partial charge in [0, 0.05) is 33.4 Å². The van der Waals surface area contributed by atoms with E-state index in [1.165, 1.54) is 28.1 Å². The van der Waals surface area contributed by atoms with Crippen molar-refractivity contribution in [2.24, 2.45) is 0 Å². The Morgan fingerprint density at radius 1 is 1.05 bits per heavy atom. The van der Waals surface area contributed by atoms with Gasteiger partial charge < -0.3 is 20.0 Å². The number of carbonyl (C=O) groups excluding carboxylic acids is 2. The summed E-state index contributed by atoms with van der Waals surface area (Å²) in [6, 6.07) is 2.99. The molecule has 7 nitrogen and oxygen atoms in total. The highest BCUT2D eigenvalue weighted by Gasteiger charge is 2.15. The Morgan fingerprint density at radius 2 is 1.60 bits per heavy atom. The summed E-state index contributed by atoms with van der Waals surface area (Å²) in [5.74, 6) is -0.587. The molecule has 1 rings (SSSR count). The molecule has 0 spiro atoms. The predicted octanol–water partition coefficient (Wildman–Crippen LogP) is -0.790. The quantitative estimate of drug-likeness (QED) is 0.712. The summed E-state index contributed by atoms with van der Waals surface area (Å²) in [6.45, 7) is 0.224. The number of carbonyl (C=O) groups is 2. The zero-order valence-corrected chi connectivity index (χ0v) is 11.6. The standard InChI is InChI=1S/C13H19N3O4/c1-15(5-7-17)12(19)10-3-4-11(14-9-10)13(20)16(2)6-8-18/h3-4,9,17-18H,5-8H2,1-2H3. The number of aromatic nitrogens is 1. The number of nitrogens with zero attached hydrogens (tertiary/aromatic N) is 3. The second-order valence-corrected chi connectivity index (χ2v) is 4.33. The van der Waals surface area contributed by atoms with Crippen LogP contribution in [0, 0.1) is 0 Å². The van der Waals surface area contributed by atoms with Crippen LogP contribution >= 0.6 is 0 Å². The van der Waals surface area contributed by atoms with Crippen LogP contribution in [-0.4, -0.2) is 77.2 Å². The molecule has 1 aromatic heterocycles. The van der Waals surface area contributed by atoms with E-state index in [2.05, 4.69) is 4.98 Å². The predicted molar refractivity (Wildman–Crippen MR) is 72.3 cm³/mol. The molecule has 0 aromatic carbocycles. The van der Waals surface area contributed by atoms with Crippen molar-refractivity contribution in [2.45, 2.75) is 0 Å². The van der Waals surface area contributed by atoms with Crippen molar-refractivity contribution in [3.8, 4) is 0 Å². The fourth-order valence-corrected chi connectivity index (χ4v) is 1.57. The number of hydrogen-bond donors (Lipinski definition) is 2. The highest BCUT2D eigenvalue weighted by Crippen LogP contribution is 2.05. The molecule has 2 amide bonds.